The first-order valence-electron chi connectivity index (χ1n) is 10.9. The van der Waals surface area contributed by atoms with Crippen LogP contribution in [0.15, 0.2) is 72.5 Å². The van der Waals surface area contributed by atoms with Crippen molar-refractivity contribution in [2.24, 2.45) is 5.92 Å². The first-order valence-corrected chi connectivity index (χ1v) is 13.4. The molecule has 1 heterocycles. The van der Waals surface area contributed by atoms with Crippen molar-refractivity contribution in [3.63, 3.8) is 0 Å². The predicted molar refractivity (Wildman–Crippen MR) is 134 cm³/mol. The topological polar surface area (TPSA) is 72.3 Å². The summed E-state index contributed by atoms with van der Waals surface area (Å²) in [5.74, 6) is 0.0349. The van der Waals surface area contributed by atoms with Crippen molar-refractivity contribution in [1.29, 1.82) is 0 Å². The van der Waals surface area contributed by atoms with Gasteiger partial charge < -0.3 is 9.47 Å². The first-order chi connectivity index (χ1) is 16.3. The molecule has 0 N–H and O–H groups in total. The minimum atomic E-state index is -3.71. The molecule has 1 fully saturated rings. The third-order valence-electron chi connectivity index (χ3n) is 5.67. The predicted octanol–water partition coefficient (Wildman–Crippen LogP) is 5.40. The summed E-state index contributed by atoms with van der Waals surface area (Å²) in [6.45, 7) is 4.79. The van der Waals surface area contributed by atoms with Gasteiger partial charge in [0.05, 0.1) is 34.8 Å². The number of imidazole rings is 1. The van der Waals surface area contributed by atoms with Crippen molar-refractivity contribution in [1.82, 2.24) is 14.5 Å². The zero-order valence-electron chi connectivity index (χ0n) is 18.5. The molecular formula is C25H25Cl2N3O3S. The van der Waals surface area contributed by atoms with Gasteiger partial charge in [-0.3, -0.25) is 4.79 Å². The lowest BCUT2D eigenvalue weighted by Gasteiger charge is -2.24. The maximum absolute atomic E-state index is 13.4. The molecule has 1 aromatic heterocycles. The lowest BCUT2D eigenvalue weighted by Crippen LogP contribution is -2.33. The number of amides is 1. The fourth-order valence-electron chi connectivity index (χ4n) is 3.81. The number of allylic oxidation sites excluding steroid dienone is 1. The lowest BCUT2D eigenvalue weighted by molar-refractivity contribution is 0.0731. The second-order valence-corrected chi connectivity index (χ2v) is 11.2. The number of carbonyl (C=O) groups is 1. The number of sulfone groups is 1. The molecule has 1 aliphatic carbocycles. The Labute approximate surface area is 209 Å². The maximum atomic E-state index is 13.4. The highest BCUT2D eigenvalue weighted by molar-refractivity contribution is 7.90. The molecule has 0 unspecified atom stereocenters. The number of rotatable bonds is 10. The minimum Gasteiger partial charge on any atom is -0.332 e. The van der Waals surface area contributed by atoms with E-state index in [9.17, 15) is 13.2 Å². The SMILES string of the molecule is C=CCn1c(CN(CC2CC2)C(=O)c2ccc(Cl)cc2Cl)cnc1S(=O)(=O)Cc1ccccc1. The molecule has 3 aromatic rings. The molecule has 0 atom stereocenters. The molecule has 0 saturated heterocycles. The highest BCUT2D eigenvalue weighted by Crippen LogP contribution is 2.32. The quantitative estimate of drug-likeness (QED) is 0.337. The molecule has 0 spiro atoms. The molecule has 0 radical (unpaired) electrons. The Bertz CT molecular complexity index is 1300. The van der Waals surface area contributed by atoms with E-state index in [0.717, 1.165) is 12.8 Å². The van der Waals surface area contributed by atoms with Gasteiger partial charge in [-0.25, -0.2) is 13.4 Å². The van der Waals surface area contributed by atoms with E-state index in [2.05, 4.69) is 11.6 Å². The number of hydrogen-bond acceptors (Lipinski definition) is 4. The highest BCUT2D eigenvalue weighted by Gasteiger charge is 2.30. The Morgan fingerprint density at radius 1 is 1.18 bits per heavy atom. The minimum absolute atomic E-state index is 0.0328. The molecule has 0 aliphatic heterocycles. The van der Waals surface area contributed by atoms with Crippen LogP contribution in [0, 0.1) is 5.92 Å². The van der Waals surface area contributed by atoms with Crippen molar-refractivity contribution in [2.75, 3.05) is 6.54 Å². The van der Waals surface area contributed by atoms with Crippen LogP contribution in [0.4, 0.5) is 0 Å². The van der Waals surface area contributed by atoms with Gasteiger partial charge in [0.1, 0.15) is 0 Å². The molecule has 6 nitrogen and oxygen atoms in total. The lowest BCUT2D eigenvalue weighted by atomic mass is 10.2. The van der Waals surface area contributed by atoms with Crippen molar-refractivity contribution >= 4 is 38.9 Å². The van der Waals surface area contributed by atoms with Crippen LogP contribution in [-0.2, 0) is 28.7 Å². The number of benzene rings is 2. The second-order valence-electron chi connectivity index (χ2n) is 8.43. The van der Waals surface area contributed by atoms with Gasteiger partial charge in [0.2, 0.25) is 15.0 Å². The average Bonchev–Trinajstić information content (AvgIpc) is 3.52. The summed E-state index contributed by atoms with van der Waals surface area (Å²) in [4.78, 5) is 19.4. The molecular weight excluding hydrogens is 493 g/mol. The van der Waals surface area contributed by atoms with Crippen molar-refractivity contribution in [3.05, 3.63) is 94.2 Å². The Morgan fingerprint density at radius 2 is 1.91 bits per heavy atom. The van der Waals surface area contributed by atoms with Gasteiger partial charge in [-0.05, 0) is 42.5 Å². The summed E-state index contributed by atoms with van der Waals surface area (Å²) in [7, 11) is -3.71. The van der Waals surface area contributed by atoms with Gasteiger partial charge in [0.15, 0.2) is 0 Å². The molecule has 1 amide bonds. The van der Waals surface area contributed by atoms with Gasteiger partial charge in [0, 0.05) is 18.1 Å². The Kier molecular flexibility index (Phi) is 7.45. The van der Waals surface area contributed by atoms with Crippen LogP contribution in [-0.4, -0.2) is 35.3 Å². The third kappa shape index (κ3) is 5.71. The van der Waals surface area contributed by atoms with Gasteiger partial charge in [-0.2, -0.15) is 0 Å². The molecule has 34 heavy (non-hydrogen) atoms. The van der Waals surface area contributed by atoms with Crippen LogP contribution in [0.25, 0.3) is 0 Å². The molecule has 1 saturated carbocycles. The third-order valence-corrected chi connectivity index (χ3v) is 7.81. The van der Waals surface area contributed by atoms with Crippen LogP contribution >= 0.6 is 23.2 Å². The van der Waals surface area contributed by atoms with E-state index >= 15 is 0 Å². The average molecular weight is 518 g/mol. The van der Waals surface area contributed by atoms with E-state index in [4.69, 9.17) is 23.2 Å². The number of hydrogen-bond donors (Lipinski definition) is 0. The first kappa shape index (κ1) is 24.5. The molecule has 1 aliphatic rings. The fraction of sp³-hybridized carbons (Fsp3) is 0.280. The smallest absolute Gasteiger partial charge is 0.255 e. The van der Waals surface area contributed by atoms with Crippen molar-refractivity contribution in [3.8, 4) is 0 Å². The molecule has 0 bridgehead atoms. The van der Waals surface area contributed by atoms with Gasteiger partial charge in [-0.1, -0.05) is 59.6 Å². The highest BCUT2D eigenvalue weighted by atomic mass is 35.5. The van der Waals surface area contributed by atoms with E-state index < -0.39 is 9.84 Å². The van der Waals surface area contributed by atoms with Crippen LogP contribution in [0.2, 0.25) is 10.0 Å². The molecule has 9 heteroatoms. The summed E-state index contributed by atoms with van der Waals surface area (Å²) < 4.78 is 28.0. The fourth-order valence-corrected chi connectivity index (χ4v) is 5.80. The van der Waals surface area contributed by atoms with Crippen LogP contribution in [0.5, 0.6) is 0 Å². The molecule has 178 valence electrons. The monoisotopic (exact) mass is 517 g/mol. The van der Waals surface area contributed by atoms with Crippen LogP contribution < -0.4 is 0 Å². The summed E-state index contributed by atoms with van der Waals surface area (Å²) >= 11 is 12.3. The Hall–Kier alpha value is -2.61. The summed E-state index contributed by atoms with van der Waals surface area (Å²) in [6, 6.07) is 13.8. The van der Waals surface area contributed by atoms with Gasteiger partial charge >= 0.3 is 0 Å². The number of carbonyl (C=O) groups excluding carboxylic acids is 1. The standard InChI is InChI=1S/C25H25Cl2N3O3S/c1-2-12-30-21(14-28-25(30)34(32,33)17-19-6-4-3-5-7-19)16-29(15-18-8-9-18)24(31)22-11-10-20(26)13-23(22)27/h2-7,10-11,13-14,18H,1,8-9,12,15-17H2. The number of nitrogens with zero attached hydrogens (tertiary/aromatic N) is 3. The number of aromatic nitrogens is 2. The van der Waals surface area contributed by atoms with Gasteiger partial charge in [-0.15, -0.1) is 6.58 Å². The zero-order chi connectivity index (χ0) is 24.3. The second kappa shape index (κ2) is 10.3. The Morgan fingerprint density at radius 3 is 2.56 bits per heavy atom. The largest absolute Gasteiger partial charge is 0.332 e. The zero-order valence-corrected chi connectivity index (χ0v) is 20.9. The van der Waals surface area contributed by atoms with E-state index in [1.807, 2.05) is 6.07 Å². The van der Waals surface area contributed by atoms with E-state index in [1.165, 1.54) is 6.20 Å². The van der Waals surface area contributed by atoms with Crippen molar-refractivity contribution < 1.29 is 13.2 Å². The molecule has 4 rings (SSSR count). The summed E-state index contributed by atoms with van der Waals surface area (Å²) in [5, 5.41) is 0.700. The molecule has 2 aromatic carbocycles. The van der Waals surface area contributed by atoms with Crippen LogP contribution in [0.3, 0.4) is 0 Å². The van der Waals surface area contributed by atoms with Crippen LogP contribution in [0.1, 0.15) is 34.5 Å². The number of halogens is 2. The van der Waals surface area contributed by atoms with E-state index in [-0.39, 0.29) is 34.9 Å². The summed E-state index contributed by atoms with van der Waals surface area (Å²) in [6.07, 6.45) is 5.26. The normalized spacial score (nSPS) is 13.6. The Balaban J connectivity index is 1.64. The summed E-state index contributed by atoms with van der Waals surface area (Å²) in [5.41, 5.74) is 1.66. The van der Waals surface area contributed by atoms with E-state index in [1.54, 1.807) is 58.0 Å². The van der Waals surface area contributed by atoms with E-state index in [0.29, 0.717) is 34.3 Å². The maximum Gasteiger partial charge on any atom is 0.255 e. The van der Waals surface area contributed by atoms with Crippen molar-refractivity contribution in [2.45, 2.75) is 36.8 Å². The van der Waals surface area contributed by atoms with Gasteiger partial charge in [0.25, 0.3) is 5.91 Å².